The molecule has 24 heavy (non-hydrogen) atoms. The molecule has 0 aliphatic carbocycles. The molecule has 1 unspecified atom stereocenters. The summed E-state index contributed by atoms with van der Waals surface area (Å²) in [4.78, 5) is 38.7. The molecule has 7 nitrogen and oxygen atoms in total. The van der Waals surface area contributed by atoms with Crippen LogP contribution < -0.4 is 0 Å². The van der Waals surface area contributed by atoms with E-state index in [9.17, 15) is 19.7 Å². The molecular formula is C17H23N3O4. The third-order valence-electron chi connectivity index (χ3n) is 4.44. The standard InChI is InChI=1S/C17H23N3O4/c1-3-18(4-2)17(22)15-6-5-11-19(15)16(21)12-13-7-9-14(10-8-13)20(23)24/h7-10,15H,3-6,11-12H2,1-2H3. The first-order valence-electron chi connectivity index (χ1n) is 8.29. The summed E-state index contributed by atoms with van der Waals surface area (Å²) in [5.41, 5.74) is 0.716. The van der Waals surface area contributed by atoms with Gasteiger partial charge in [0.2, 0.25) is 11.8 Å². The molecule has 1 aliphatic heterocycles. The number of nitro groups is 1. The van der Waals surface area contributed by atoms with Crippen LogP contribution in [0.5, 0.6) is 0 Å². The first-order valence-corrected chi connectivity index (χ1v) is 8.29. The van der Waals surface area contributed by atoms with Crippen LogP contribution in [0, 0.1) is 10.1 Å². The van der Waals surface area contributed by atoms with Crippen molar-refractivity contribution in [3.8, 4) is 0 Å². The Kier molecular flexibility index (Phi) is 5.89. The fourth-order valence-corrected chi connectivity index (χ4v) is 3.08. The molecule has 0 bridgehead atoms. The van der Waals surface area contributed by atoms with Gasteiger partial charge in [-0.25, -0.2) is 0 Å². The van der Waals surface area contributed by atoms with E-state index in [1.54, 1.807) is 21.9 Å². The van der Waals surface area contributed by atoms with Crippen LogP contribution in [0.4, 0.5) is 5.69 Å². The van der Waals surface area contributed by atoms with E-state index in [0.717, 1.165) is 6.42 Å². The van der Waals surface area contributed by atoms with Crippen molar-refractivity contribution < 1.29 is 14.5 Å². The van der Waals surface area contributed by atoms with Crippen LogP contribution in [0.3, 0.4) is 0 Å². The maximum absolute atomic E-state index is 12.6. The molecule has 1 aromatic rings. The third kappa shape index (κ3) is 3.90. The van der Waals surface area contributed by atoms with Crippen LogP contribution in [0.1, 0.15) is 32.3 Å². The smallest absolute Gasteiger partial charge is 0.269 e. The molecule has 1 fully saturated rings. The number of carbonyl (C=O) groups excluding carboxylic acids is 2. The fourth-order valence-electron chi connectivity index (χ4n) is 3.08. The maximum Gasteiger partial charge on any atom is 0.269 e. The Morgan fingerprint density at radius 3 is 2.42 bits per heavy atom. The van der Waals surface area contributed by atoms with Gasteiger partial charge in [-0.3, -0.25) is 19.7 Å². The van der Waals surface area contributed by atoms with Crippen molar-refractivity contribution in [3.63, 3.8) is 0 Å². The Morgan fingerprint density at radius 1 is 1.25 bits per heavy atom. The average molecular weight is 333 g/mol. The molecule has 7 heteroatoms. The number of nitro benzene ring substituents is 1. The molecule has 1 atom stereocenters. The first-order chi connectivity index (χ1) is 11.5. The zero-order valence-electron chi connectivity index (χ0n) is 14.1. The molecule has 0 N–H and O–H groups in total. The van der Waals surface area contributed by atoms with E-state index in [0.29, 0.717) is 31.6 Å². The average Bonchev–Trinajstić information content (AvgIpc) is 3.06. The largest absolute Gasteiger partial charge is 0.341 e. The third-order valence-corrected chi connectivity index (χ3v) is 4.44. The Balaban J connectivity index is 2.05. The Bertz CT molecular complexity index is 611. The van der Waals surface area contributed by atoms with Gasteiger partial charge < -0.3 is 9.80 Å². The van der Waals surface area contributed by atoms with Crippen molar-refractivity contribution in [1.29, 1.82) is 0 Å². The molecule has 130 valence electrons. The number of likely N-dealkylation sites (N-methyl/N-ethyl adjacent to an activating group) is 1. The Hall–Kier alpha value is -2.44. The van der Waals surface area contributed by atoms with Crippen molar-refractivity contribution in [2.45, 2.75) is 39.2 Å². The van der Waals surface area contributed by atoms with E-state index in [1.165, 1.54) is 12.1 Å². The van der Waals surface area contributed by atoms with E-state index in [-0.39, 0.29) is 30.0 Å². The van der Waals surface area contributed by atoms with E-state index < -0.39 is 4.92 Å². The maximum atomic E-state index is 12.6. The Morgan fingerprint density at radius 2 is 1.88 bits per heavy atom. The number of carbonyl (C=O) groups is 2. The zero-order chi connectivity index (χ0) is 17.7. The second-order valence-corrected chi connectivity index (χ2v) is 5.86. The van der Waals surface area contributed by atoms with Gasteiger partial charge in [0.15, 0.2) is 0 Å². The molecular weight excluding hydrogens is 310 g/mol. The minimum absolute atomic E-state index is 0.00181. The highest BCUT2D eigenvalue weighted by Crippen LogP contribution is 2.21. The molecule has 1 heterocycles. The second kappa shape index (κ2) is 7.90. The Labute approximate surface area is 141 Å². The van der Waals surface area contributed by atoms with Gasteiger partial charge >= 0.3 is 0 Å². The first kappa shape index (κ1) is 17.9. The monoisotopic (exact) mass is 333 g/mol. The van der Waals surface area contributed by atoms with Crippen LogP contribution in [0.2, 0.25) is 0 Å². The predicted molar refractivity (Wildman–Crippen MR) is 89.5 cm³/mol. The highest BCUT2D eigenvalue weighted by molar-refractivity contribution is 5.89. The lowest BCUT2D eigenvalue weighted by atomic mass is 10.1. The number of amides is 2. The lowest BCUT2D eigenvalue weighted by Crippen LogP contribution is -2.48. The molecule has 0 radical (unpaired) electrons. The molecule has 2 amide bonds. The lowest BCUT2D eigenvalue weighted by Gasteiger charge is -2.29. The van der Waals surface area contributed by atoms with Gasteiger partial charge in [-0.05, 0) is 32.3 Å². The summed E-state index contributed by atoms with van der Waals surface area (Å²) in [6.07, 6.45) is 1.67. The normalized spacial score (nSPS) is 16.9. The van der Waals surface area contributed by atoms with Crippen LogP contribution in [-0.2, 0) is 16.0 Å². The number of nitrogens with zero attached hydrogens (tertiary/aromatic N) is 3. The number of hydrogen-bond donors (Lipinski definition) is 0. The van der Waals surface area contributed by atoms with E-state index >= 15 is 0 Å². The number of benzene rings is 1. The fraction of sp³-hybridized carbons (Fsp3) is 0.529. The van der Waals surface area contributed by atoms with E-state index in [1.807, 2.05) is 13.8 Å². The SMILES string of the molecule is CCN(CC)C(=O)C1CCCN1C(=O)Cc1ccc([N+](=O)[O-])cc1. The summed E-state index contributed by atoms with van der Waals surface area (Å²) >= 11 is 0. The van der Waals surface area contributed by atoms with Crippen LogP contribution in [0.15, 0.2) is 24.3 Å². The highest BCUT2D eigenvalue weighted by atomic mass is 16.6. The number of non-ortho nitro benzene ring substituents is 1. The van der Waals surface area contributed by atoms with Gasteiger partial charge in [0.1, 0.15) is 6.04 Å². The quantitative estimate of drug-likeness (QED) is 0.589. The molecule has 1 saturated heterocycles. The number of rotatable bonds is 6. The summed E-state index contributed by atoms with van der Waals surface area (Å²) in [5.74, 6) is -0.0959. The summed E-state index contributed by atoms with van der Waals surface area (Å²) in [6.45, 7) is 5.72. The van der Waals surface area contributed by atoms with Crippen molar-refractivity contribution >= 4 is 17.5 Å². The second-order valence-electron chi connectivity index (χ2n) is 5.86. The van der Waals surface area contributed by atoms with Gasteiger partial charge in [0, 0.05) is 31.8 Å². The van der Waals surface area contributed by atoms with Crippen LogP contribution in [-0.4, -0.2) is 52.2 Å². The van der Waals surface area contributed by atoms with Crippen molar-refractivity contribution in [2.75, 3.05) is 19.6 Å². The van der Waals surface area contributed by atoms with E-state index in [2.05, 4.69) is 0 Å². The van der Waals surface area contributed by atoms with Gasteiger partial charge in [-0.2, -0.15) is 0 Å². The van der Waals surface area contributed by atoms with Crippen LogP contribution in [0.25, 0.3) is 0 Å². The summed E-state index contributed by atoms with van der Waals surface area (Å²) in [7, 11) is 0. The van der Waals surface area contributed by atoms with Gasteiger partial charge in [0.25, 0.3) is 5.69 Å². The van der Waals surface area contributed by atoms with Gasteiger partial charge in [0.05, 0.1) is 11.3 Å². The minimum Gasteiger partial charge on any atom is -0.341 e. The lowest BCUT2D eigenvalue weighted by molar-refractivity contribution is -0.384. The number of likely N-dealkylation sites (tertiary alicyclic amines) is 1. The van der Waals surface area contributed by atoms with E-state index in [4.69, 9.17) is 0 Å². The molecule has 1 aliphatic rings. The molecule has 0 aromatic heterocycles. The summed E-state index contributed by atoms with van der Waals surface area (Å²) in [5, 5.41) is 10.7. The predicted octanol–water partition coefficient (Wildman–Crippen LogP) is 2.00. The minimum atomic E-state index is -0.467. The van der Waals surface area contributed by atoms with Crippen molar-refractivity contribution in [2.24, 2.45) is 0 Å². The molecule has 1 aromatic carbocycles. The van der Waals surface area contributed by atoms with Gasteiger partial charge in [-0.15, -0.1) is 0 Å². The topological polar surface area (TPSA) is 83.8 Å². The van der Waals surface area contributed by atoms with Crippen LogP contribution >= 0.6 is 0 Å². The molecule has 2 rings (SSSR count). The number of hydrogen-bond acceptors (Lipinski definition) is 4. The summed E-state index contributed by atoms with van der Waals surface area (Å²) in [6, 6.07) is 5.59. The molecule has 0 saturated carbocycles. The van der Waals surface area contributed by atoms with Crippen molar-refractivity contribution in [1.82, 2.24) is 9.80 Å². The molecule has 0 spiro atoms. The van der Waals surface area contributed by atoms with Gasteiger partial charge in [-0.1, -0.05) is 12.1 Å². The zero-order valence-corrected chi connectivity index (χ0v) is 14.1. The highest BCUT2D eigenvalue weighted by Gasteiger charge is 2.35. The summed E-state index contributed by atoms with van der Waals surface area (Å²) < 4.78 is 0. The van der Waals surface area contributed by atoms with Crippen molar-refractivity contribution in [3.05, 3.63) is 39.9 Å².